The first-order valence-corrected chi connectivity index (χ1v) is 6.50. The van der Waals surface area contributed by atoms with Crippen molar-refractivity contribution in [2.24, 2.45) is 5.84 Å². The first kappa shape index (κ1) is 14.0. The highest BCUT2D eigenvalue weighted by Crippen LogP contribution is 2.29. The minimum absolute atomic E-state index is 0.326. The maximum atomic E-state index is 14.1. The molecule has 3 N–H and O–H groups in total. The Labute approximate surface area is 119 Å². The fourth-order valence-electron chi connectivity index (χ4n) is 1.93. The molecule has 3 nitrogen and oxygen atoms in total. The molecule has 0 heterocycles. The van der Waals surface area contributed by atoms with E-state index in [-0.39, 0.29) is 5.82 Å². The van der Waals surface area contributed by atoms with Crippen LogP contribution in [-0.2, 0) is 0 Å². The second-order valence-corrected chi connectivity index (χ2v) is 4.87. The smallest absolute Gasteiger partial charge is 0.142 e. The Bertz CT molecular complexity index is 577. The van der Waals surface area contributed by atoms with Gasteiger partial charge in [-0.15, -0.1) is 0 Å². The van der Waals surface area contributed by atoms with E-state index in [0.717, 1.165) is 5.56 Å². The molecule has 2 aromatic rings. The van der Waals surface area contributed by atoms with Gasteiger partial charge in [0.05, 0.1) is 17.6 Å². The lowest BCUT2D eigenvalue weighted by Crippen LogP contribution is -2.29. The van der Waals surface area contributed by atoms with Crippen LogP contribution in [0.3, 0.4) is 0 Å². The quantitative estimate of drug-likeness (QED) is 0.671. The van der Waals surface area contributed by atoms with Crippen LogP contribution in [0.25, 0.3) is 0 Å². The van der Waals surface area contributed by atoms with Gasteiger partial charge in [-0.3, -0.25) is 5.84 Å². The van der Waals surface area contributed by atoms with Crippen molar-refractivity contribution in [2.75, 3.05) is 7.11 Å². The van der Waals surface area contributed by atoms with Crippen molar-refractivity contribution in [3.8, 4) is 5.75 Å². The molecule has 0 radical (unpaired) electrons. The van der Waals surface area contributed by atoms with E-state index in [9.17, 15) is 4.39 Å². The maximum Gasteiger partial charge on any atom is 0.142 e. The lowest BCUT2D eigenvalue weighted by atomic mass is 9.98. The number of halogens is 2. The predicted molar refractivity (Wildman–Crippen MR) is 76.3 cm³/mol. The van der Waals surface area contributed by atoms with E-state index in [2.05, 4.69) is 21.4 Å². The second kappa shape index (κ2) is 6.14. The molecule has 0 aromatic heterocycles. The molecule has 0 aliphatic heterocycles. The molecule has 0 saturated carbocycles. The molecule has 2 rings (SSSR count). The molecule has 0 aliphatic rings. The van der Waals surface area contributed by atoms with Crippen LogP contribution < -0.4 is 16.0 Å². The van der Waals surface area contributed by atoms with Crippen molar-refractivity contribution >= 4 is 15.9 Å². The highest BCUT2D eigenvalue weighted by Gasteiger charge is 2.18. The third-order valence-electron chi connectivity index (χ3n) is 2.89. The monoisotopic (exact) mass is 324 g/mol. The van der Waals surface area contributed by atoms with Crippen LogP contribution in [0.5, 0.6) is 5.75 Å². The van der Waals surface area contributed by atoms with Gasteiger partial charge in [-0.05, 0) is 39.7 Å². The normalized spacial score (nSPS) is 12.2. The number of benzene rings is 2. The van der Waals surface area contributed by atoms with Crippen LogP contribution in [0.1, 0.15) is 17.2 Å². The summed E-state index contributed by atoms with van der Waals surface area (Å²) in [4.78, 5) is 0. The summed E-state index contributed by atoms with van der Waals surface area (Å²) in [6.07, 6.45) is 0. The molecule has 0 bridgehead atoms. The fraction of sp³-hybridized carbons (Fsp3) is 0.143. The van der Waals surface area contributed by atoms with Gasteiger partial charge in [0.2, 0.25) is 0 Å². The Morgan fingerprint density at radius 1 is 1.26 bits per heavy atom. The largest absolute Gasteiger partial charge is 0.497 e. The molecule has 2 aromatic carbocycles. The van der Waals surface area contributed by atoms with Gasteiger partial charge in [-0.2, -0.15) is 0 Å². The molecule has 5 heteroatoms. The second-order valence-electron chi connectivity index (χ2n) is 4.02. The highest BCUT2D eigenvalue weighted by molar-refractivity contribution is 9.10. The first-order valence-electron chi connectivity index (χ1n) is 5.71. The summed E-state index contributed by atoms with van der Waals surface area (Å²) in [5.74, 6) is 5.95. The summed E-state index contributed by atoms with van der Waals surface area (Å²) >= 11 is 3.18. The minimum atomic E-state index is -0.437. The maximum absolute atomic E-state index is 14.1. The van der Waals surface area contributed by atoms with Crippen molar-refractivity contribution in [1.82, 2.24) is 5.43 Å². The Morgan fingerprint density at radius 3 is 2.68 bits per heavy atom. The number of rotatable bonds is 4. The minimum Gasteiger partial charge on any atom is -0.497 e. The number of ether oxygens (including phenoxy) is 1. The summed E-state index contributed by atoms with van der Waals surface area (Å²) in [5.41, 5.74) is 3.95. The third-order valence-corrected chi connectivity index (χ3v) is 3.50. The van der Waals surface area contributed by atoms with Gasteiger partial charge in [-0.1, -0.05) is 24.3 Å². The molecule has 0 saturated heterocycles. The average molecular weight is 325 g/mol. The zero-order valence-electron chi connectivity index (χ0n) is 10.4. The summed E-state index contributed by atoms with van der Waals surface area (Å²) in [5, 5.41) is 0. The third kappa shape index (κ3) is 2.94. The van der Waals surface area contributed by atoms with Gasteiger partial charge < -0.3 is 4.74 Å². The van der Waals surface area contributed by atoms with E-state index in [1.54, 1.807) is 25.3 Å². The number of nitrogens with one attached hydrogen (secondary N) is 1. The zero-order valence-corrected chi connectivity index (χ0v) is 11.9. The van der Waals surface area contributed by atoms with E-state index in [4.69, 9.17) is 10.6 Å². The topological polar surface area (TPSA) is 47.3 Å². The molecule has 19 heavy (non-hydrogen) atoms. The van der Waals surface area contributed by atoms with Gasteiger partial charge in [0.25, 0.3) is 0 Å². The van der Waals surface area contributed by atoms with Crippen molar-refractivity contribution in [3.63, 3.8) is 0 Å². The molecular weight excluding hydrogens is 311 g/mol. The van der Waals surface area contributed by atoms with E-state index >= 15 is 0 Å². The Kier molecular flexibility index (Phi) is 4.52. The molecule has 0 fully saturated rings. The van der Waals surface area contributed by atoms with Crippen LogP contribution in [0.2, 0.25) is 0 Å². The fourth-order valence-corrected chi connectivity index (χ4v) is 2.31. The van der Waals surface area contributed by atoms with Crippen LogP contribution >= 0.6 is 15.9 Å². The average Bonchev–Trinajstić information content (AvgIpc) is 2.44. The number of hydrazine groups is 1. The number of methoxy groups -OCH3 is 1. The summed E-state index contributed by atoms with van der Waals surface area (Å²) in [6.45, 7) is 0. The molecule has 0 spiro atoms. The van der Waals surface area contributed by atoms with E-state index in [0.29, 0.717) is 15.8 Å². The Balaban J connectivity index is 2.46. The van der Waals surface area contributed by atoms with Gasteiger partial charge in [0.15, 0.2) is 0 Å². The van der Waals surface area contributed by atoms with Crippen molar-refractivity contribution in [1.29, 1.82) is 0 Å². The van der Waals surface area contributed by atoms with Gasteiger partial charge in [0.1, 0.15) is 11.6 Å². The molecule has 1 unspecified atom stereocenters. The zero-order chi connectivity index (χ0) is 13.8. The van der Waals surface area contributed by atoms with Crippen molar-refractivity contribution in [3.05, 3.63) is 63.9 Å². The van der Waals surface area contributed by atoms with E-state index in [1.807, 2.05) is 24.3 Å². The van der Waals surface area contributed by atoms with Gasteiger partial charge in [-0.25, -0.2) is 9.82 Å². The van der Waals surface area contributed by atoms with Gasteiger partial charge >= 0.3 is 0 Å². The van der Waals surface area contributed by atoms with Crippen LogP contribution in [0.15, 0.2) is 46.9 Å². The molecule has 100 valence electrons. The highest BCUT2D eigenvalue weighted by atomic mass is 79.9. The molecule has 0 amide bonds. The molecule has 0 aliphatic carbocycles. The van der Waals surface area contributed by atoms with Crippen LogP contribution in [0.4, 0.5) is 4.39 Å². The van der Waals surface area contributed by atoms with Crippen molar-refractivity contribution in [2.45, 2.75) is 6.04 Å². The Morgan fingerprint density at radius 2 is 2.00 bits per heavy atom. The van der Waals surface area contributed by atoms with E-state index < -0.39 is 6.04 Å². The van der Waals surface area contributed by atoms with Gasteiger partial charge in [0, 0.05) is 5.56 Å². The van der Waals surface area contributed by atoms with Crippen molar-refractivity contribution < 1.29 is 9.13 Å². The number of hydrogen-bond donors (Lipinski definition) is 2. The summed E-state index contributed by atoms with van der Waals surface area (Å²) < 4.78 is 19.7. The standard InChI is InChI=1S/C14H14BrFN2O/c1-19-10-5-2-4-9(8-10)14(18-17)11-6-3-7-12(15)13(11)16/h2-8,14,18H,17H2,1H3. The molecular formula is C14H14BrFN2O. The predicted octanol–water partition coefficient (Wildman–Crippen LogP) is 3.15. The lowest BCUT2D eigenvalue weighted by molar-refractivity contribution is 0.413. The lowest BCUT2D eigenvalue weighted by Gasteiger charge is -2.18. The summed E-state index contributed by atoms with van der Waals surface area (Å²) in [6, 6.07) is 12.0. The first-order chi connectivity index (χ1) is 9.17. The van der Waals surface area contributed by atoms with E-state index in [1.165, 1.54) is 0 Å². The summed E-state index contributed by atoms with van der Waals surface area (Å²) in [7, 11) is 1.59. The Hall–Kier alpha value is -1.43. The van der Waals surface area contributed by atoms with Crippen LogP contribution in [0, 0.1) is 5.82 Å². The van der Waals surface area contributed by atoms with Crippen LogP contribution in [-0.4, -0.2) is 7.11 Å². The molecule has 1 atom stereocenters. The number of nitrogens with two attached hydrogens (primary N) is 1. The SMILES string of the molecule is COc1cccc(C(NN)c2cccc(Br)c2F)c1. The number of hydrogen-bond acceptors (Lipinski definition) is 3.